The average Bonchev–Trinajstić information content (AvgIpc) is 3.20. The van der Waals surface area contributed by atoms with Crippen LogP contribution in [0.5, 0.6) is 11.5 Å². The van der Waals surface area contributed by atoms with Crippen LogP contribution in [0.25, 0.3) is 0 Å². The number of rotatable bonds is 7. The van der Waals surface area contributed by atoms with E-state index in [4.69, 9.17) is 9.47 Å². The summed E-state index contributed by atoms with van der Waals surface area (Å²) in [5, 5.41) is 2.85. The highest BCUT2D eigenvalue weighted by molar-refractivity contribution is 7.99. The molecule has 1 fully saturated rings. The number of ether oxygens (including phenoxy) is 2. The van der Waals surface area contributed by atoms with Crippen molar-refractivity contribution >= 4 is 23.6 Å². The molecule has 0 aliphatic carbocycles. The zero-order chi connectivity index (χ0) is 20.8. The van der Waals surface area contributed by atoms with Gasteiger partial charge < -0.3 is 19.7 Å². The largest absolute Gasteiger partial charge is 0.493 e. The topological polar surface area (TPSA) is 67.9 Å². The Morgan fingerprint density at radius 3 is 2.48 bits per heavy atom. The van der Waals surface area contributed by atoms with Crippen LogP contribution in [0.15, 0.2) is 48.5 Å². The standard InChI is InChI=1S/C22H26N2O4S/c1-15(25)24-18(14-29-22(24)17-7-5-4-6-8-17)21(26)23-12-11-16-9-10-19(27-2)20(13-16)28-3/h4-10,13,18,22H,11-12,14H2,1-3H3,(H,23,26)/t18-,22+/m1/s1. The Labute approximate surface area is 175 Å². The van der Waals surface area contributed by atoms with E-state index in [2.05, 4.69) is 5.32 Å². The smallest absolute Gasteiger partial charge is 0.243 e. The molecule has 0 spiro atoms. The van der Waals surface area contributed by atoms with Crippen LogP contribution >= 0.6 is 11.8 Å². The molecule has 2 aromatic rings. The van der Waals surface area contributed by atoms with Gasteiger partial charge in [-0.2, -0.15) is 0 Å². The van der Waals surface area contributed by atoms with E-state index in [0.717, 1.165) is 11.1 Å². The molecule has 0 aromatic heterocycles. The molecule has 29 heavy (non-hydrogen) atoms. The zero-order valence-corrected chi connectivity index (χ0v) is 17.7. The van der Waals surface area contributed by atoms with Crippen molar-refractivity contribution in [1.29, 1.82) is 0 Å². The van der Waals surface area contributed by atoms with Gasteiger partial charge in [-0.1, -0.05) is 36.4 Å². The van der Waals surface area contributed by atoms with E-state index >= 15 is 0 Å². The molecule has 7 heteroatoms. The van der Waals surface area contributed by atoms with Crippen molar-refractivity contribution in [3.8, 4) is 11.5 Å². The zero-order valence-electron chi connectivity index (χ0n) is 16.9. The molecule has 1 aliphatic rings. The van der Waals surface area contributed by atoms with Crippen LogP contribution in [0.2, 0.25) is 0 Å². The number of benzene rings is 2. The van der Waals surface area contributed by atoms with Crippen LogP contribution in [-0.2, 0) is 16.0 Å². The second-order valence-corrected chi connectivity index (χ2v) is 7.88. The fraction of sp³-hybridized carbons (Fsp3) is 0.364. The Bertz CT molecular complexity index is 859. The van der Waals surface area contributed by atoms with E-state index in [1.807, 2.05) is 48.5 Å². The van der Waals surface area contributed by atoms with Gasteiger partial charge in [0.05, 0.1) is 14.2 Å². The van der Waals surface area contributed by atoms with Gasteiger partial charge in [0.15, 0.2) is 11.5 Å². The van der Waals surface area contributed by atoms with Crippen molar-refractivity contribution < 1.29 is 19.1 Å². The monoisotopic (exact) mass is 414 g/mol. The predicted octanol–water partition coefficient (Wildman–Crippen LogP) is 3.03. The molecule has 1 saturated heterocycles. The molecule has 2 amide bonds. The summed E-state index contributed by atoms with van der Waals surface area (Å²) in [6.07, 6.45) is 0.661. The molecule has 2 atom stereocenters. The molecule has 154 valence electrons. The minimum absolute atomic E-state index is 0.0936. The number of nitrogens with zero attached hydrogens (tertiary/aromatic N) is 1. The normalized spacial score (nSPS) is 18.4. The third-order valence-corrected chi connectivity index (χ3v) is 6.24. The van der Waals surface area contributed by atoms with E-state index < -0.39 is 6.04 Å². The number of thioether (sulfide) groups is 1. The van der Waals surface area contributed by atoms with Crippen molar-refractivity contribution in [2.75, 3.05) is 26.5 Å². The van der Waals surface area contributed by atoms with Gasteiger partial charge in [0.25, 0.3) is 0 Å². The molecular weight excluding hydrogens is 388 g/mol. The molecule has 3 rings (SSSR count). The van der Waals surface area contributed by atoms with Gasteiger partial charge in [-0.3, -0.25) is 9.59 Å². The fourth-order valence-corrected chi connectivity index (χ4v) is 4.93. The lowest BCUT2D eigenvalue weighted by Crippen LogP contribution is -2.47. The minimum Gasteiger partial charge on any atom is -0.493 e. The SMILES string of the molecule is COc1ccc(CCNC(=O)[C@H]2CS[C@@H](c3ccccc3)N2C(C)=O)cc1OC. The maximum atomic E-state index is 12.8. The molecule has 2 aromatic carbocycles. The lowest BCUT2D eigenvalue weighted by atomic mass is 10.1. The van der Waals surface area contributed by atoms with Gasteiger partial charge in [-0.15, -0.1) is 11.8 Å². The van der Waals surface area contributed by atoms with Crippen molar-refractivity contribution in [2.24, 2.45) is 0 Å². The Hall–Kier alpha value is -2.67. The quantitative estimate of drug-likeness (QED) is 0.754. The van der Waals surface area contributed by atoms with E-state index in [9.17, 15) is 9.59 Å². The number of nitrogens with one attached hydrogen (secondary N) is 1. The third kappa shape index (κ3) is 4.85. The van der Waals surface area contributed by atoms with Crippen molar-refractivity contribution in [3.63, 3.8) is 0 Å². The van der Waals surface area contributed by atoms with E-state index in [1.165, 1.54) is 6.92 Å². The molecule has 6 nitrogen and oxygen atoms in total. The summed E-state index contributed by atoms with van der Waals surface area (Å²) in [5.74, 6) is 1.71. The van der Waals surface area contributed by atoms with Crippen LogP contribution < -0.4 is 14.8 Å². The van der Waals surface area contributed by atoms with Crippen LogP contribution in [-0.4, -0.2) is 49.3 Å². The van der Waals surface area contributed by atoms with Crippen LogP contribution in [0, 0.1) is 0 Å². The highest BCUT2D eigenvalue weighted by Gasteiger charge is 2.40. The highest BCUT2D eigenvalue weighted by atomic mass is 32.2. The Morgan fingerprint density at radius 2 is 1.83 bits per heavy atom. The van der Waals surface area contributed by atoms with Gasteiger partial charge in [-0.25, -0.2) is 0 Å². The summed E-state index contributed by atoms with van der Waals surface area (Å²) in [5.41, 5.74) is 2.07. The summed E-state index contributed by atoms with van der Waals surface area (Å²) in [6.45, 7) is 2.00. The second kappa shape index (κ2) is 9.69. The van der Waals surface area contributed by atoms with Gasteiger partial charge in [0.2, 0.25) is 11.8 Å². The fourth-order valence-electron chi connectivity index (χ4n) is 3.45. The Morgan fingerprint density at radius 1 is 1.10 bits per heavy atom. The Balaban J connectivity index is 1.61. The number of methoxy groups -OCH3 is 2. The lowest BCUT2D eigenvalue weighted by Gasteiger charge is -2.27. The molecule has 1 aliphatic heterocycles. The van der Waals surface area contributed by atoms with E-state index in [0.29, 0.717) is 30.2 Å². The van der Waals surface area contributed by atoms with Crippen LogP contribution in [0.3, 0.4) is 0 Å². The first-order valence-electron chi connectivity index (χ1n) is 9.49. The summed E-state index contributed by atoms with van der Waals surface area (Å²) >= 11 is 1.62. The molecule has 1 N–H and O–H groups in total. The molecule has 0 bridgehead atoms. The minimum atomic E-state index is -0.465. The molecule has 0 unspecified atom stereocenters. The summed E-state index contributed by atoms with van der Waals surface area (Å²) in [6, 6.07) is 15.1. The highest BCUT2D eigenvalue weighted by Crippen LogP contribution is 2.41. The first kappa shape index (κ1) is 21.0. The van der Waals surface area contributed by atoms with Gasteiger partial charge in [-0.05, 0) is 29.7 Å². The molecule has 0 radical (unpaired) electrons. The molecule has 1 heterocycles. The first-order chi connectivity index (χ1) is 14.0. The average molecular weight is 415 g/mol. The van der Waals surface area contributed by atoms with E-state index in [1.54, 1.807) is 30.9 Å². The maximum Gasteiger partial charge on any atom is 0.243 e. The van der Waals surface area contributed by atoms with Crippen LogP contribution in [0.4, 0.5) is 0 Å². The number of carbonyl (C=O) groups is 2. The summed E-state index contributed by atoms with van der Waals surface area (Å²) in [7, 11) is 3.20. The third-order valence-electron chi connectivity index (χ3n) is 4.91. The van der Waals surface area contributed by atoms with Gasteiger partial charge in [0, 0.05) is 19.2 Å². The summed E-state index contributed by atoms with van der Waals surface area (Å²) in [4.78, 5) is 26.8. The summed E-state index contributed by atoms with van der Waals surface area (Å²) < 4.78 is 10.6. The maximum absolute atomic E-state index is 12.8. The first-order valence-corrected chi connectivity index (χ1v) is 10.5. The predicted molar refractivity (Wildman–Crippen MR) is 114 cm³/mol. The van der Waals surface area contributed by atoms with Gasteiger partial charge in [0.1, 0.15) is 11.4 Å². The number of amides is 2. The van der Waals surface area contributed by atoms with E-state index in [-0.39, 0.29) is 17.2 Å². The second-order valence-electron chi connectivity index (χ2n) is 6.77. The lowest BCUT2D eigenvalue weighted by molar-refractivity contribution is -0.138. The van der Waals surface area contributed by atoms with Gasteiger partial charge >= 0.3 is 0 Å². The number of hydrogen-bond acceptors (Lipinski definition) is 5. The van der Waals surface area contributed by atoms with Crippen molar-refractivity contribution in [2.45, 2.75) is 24.8 Å². The molecular formula is C22H26N2O4S. The number of hydrogen-bond donors (Lipinski definition) is 1. The number of carbonyl (C=O) groups excluding carboxylic acids is 2. The molecule has 0 saturated carbocycles. The van der Waals surface area contributed by atoms with Crippen LogP contribution in [0.1, 0.15) is 23.4 Å². The Kier molecular flexibility index (Phi) is 7.04. The van der Waals surface area contributed by atoms with Crippen molar-refractivity contribution in [3.05, 3.63) is 59.7 Å². The van der Waals surface area contributed by atoms with Crippen molar-refractivity contribution in [1.82, 2.24) is 10.2 Å².